The van der Waals surface area contributed by atoms with E-state index >= 15 is 0 Å². The average Bonchev–Trinajstić information content (AvgIpc) is 2.64. The largest absolute Gasteiger partial charge is 0.383 e. The van der Waals surface area contributed by atoms with E-state index in [4.69, 9.17) is 5.73 Å². The van der Waals surface area contributed by atoms with Crippen LogP contribution in [0.15, 0.2) is 24.7 Å². The molecule has 2 heterocycles. The Hall–Kier alpha value is -2.17. The zero-order chi connectivity index (χ0) is 11.7. The highest BCUT2D eigenvalue weighted by atomic mass is 16.1. The number of rotatable bonds is 2. The molecule has 5 heteroatoms. The molecule has 0 saturated heterocycles. The Balaban J connectivity index is 2.49. The molecule has 5 nitrogen and oxygen atoms in total. The monoisotopic (exact) mass is 216 g/mol. The van der Waals surface area contributed by atoms with Crippen molar-refractivity contribution >= 4 is 11.6 Å². The normalized spacial score (nSPS) is 10.4. The number of carbonyl (C=O) groups excluding carboxylic acids is 1. The predicted octanol–water partition coefficient (Wildman–Crippen LogP) is 0.937. The molecule has 2 aromatic rings. The first-order chi connectivity index (χ1) is 7.59. The molecule has 2 aromatic heterocycles. The second-order valence-electron chi connectivity index (χ2n) is 3.62. The van der Waals surface area contributed by atoms with E-state index in [1.807, 2.05) is 6.92 Å². The number of aromatic nitrogens is 3. The number of nitrogen functional groups attached to an aromatic ring is 1. The molecule has 0 spiro atoms. The van der Waals surface area contributed by atoms with Crippen molar-refractivity contribution in [3.63, 3.8) is 0 Å². The Bertz CT molecular complexity index is 524. The van der Waals surface area contributed by atoms with Crippen molar-refractivity contribution in [2.24, 2.45) is 7.05 Å². The van der Waals surface area contributed by atoms with E-state index in [9.17, 15) is 4.79 Å². The van der Waals surface area contributed by atoms with E-state index in [1.54, 1.807) is 30.2 Å². The zero-order valence-corrected chi connectivity index (χ0v) is 9.14. The van der Waals surface area contributed by atoms with Gasteiger partial charge < -0.3 is 5.73 Å². The molecule has 0 bridgehead atoms. The maximum Gasteiger partial charge on any atom is 0.200 e. The van der Waals surface area contributed by atoms with Crippen LogP contribution in [0.2, 0.25) is 0 Å². The fourth-order valence-corrected chi connectivity index (χ4v) is 1.56. The predicted molar refractivity (Wildman–Crippen MR) is 60.0 cm³/mol. The van der Waals surface area contributed by atoms with Crippen LogP contribution >= 0.6 is 0 Å². The number of nitrogens with two attached hydrogens (primary N) is 1. The Morgan fingerprint density at radius 2 is 2.25 bits per heavy atom. The van der Waals surface area contributed by atoms with Gasteiger partial charge in [-0.2, -0.15) is 5.10 Å². The van der Waals surface area contributed by atoms with Gasteiger partial charge in [0.1, 0.15) is 5.82 Å². The summed E-state index contributed by atoms with van der Waals surface area (Å²) >= 11 is 0. The molecule has 16 heavy (non-hydrogen) atoms. The molecule has 0 radical (unpaired) electrons. The minimum atomic E-state index is -0.142. The topological polar surface area (TPSA) is 73.8 Å². The summed E-state index contributed by atoms with van der Waals surface area (Å²) in [5.41, 5.74) is 7.50. The molecule has 0 unspecified atom stereocenters. The number of ketones is 1. The van der Waals surface area contributed by atoms with E-state index in [0.29, 0.717) is 11.1 Å². The van der Waals surface area contributed by atoms with Crippen molar-refractivity contribution in [3.8, 4) is 0 Å². The fraction of sp³-hybridized carbons (Fsp3) is 0.182. The lowest BCUT2D eigenvalue weighted by molar-refractivity contribution is 0.103. The Labute approximate surface area is 92.9 Å². The van der Waals surface area contributed by atoms with E-state index in [2.05, 4.69) is 10.1 Å². The summed E-state index contributed by atoms with van der Waals surface area (Å²) in [6, 6.07) is 1.76. The highest BCUT2D eigenvalue weighted by molar-refractivity contribution is 6.12. The van der Waals surface area contributed by atoms with Gasteiger partial charge in [-0.1, -0.05) is 0 Å². The Morgan fingerprint density at radius 1 is 1.50 bits per heavy atom. The van der Waals surface area contributed by atoms with Crippen molar-refractivity contribution in [1.29, 1.82) is 0 Å². The molecule has 0 aliphatic carbocycles. The van der Waals surface area contributed by atoms with Crippen LogP contribution in [0.25, 0.3) is 0 Å². The lowest BCUT2D eigenvalue weighted by atomic mass is 10.0. The third kappa shape index (κ3) is 1.67. The first-order valence-corrected chi connectivity index (χ1v) is 4.84. The van der Waals surface area contributed by atoms with Crippen molar-refractivity contribution in [2.75, 3.05) is 5.73 Å². The molecule has 0 aliphatic rings. The van der Waals surface area contributed by atoms with Crippen LogP contribution in [-0.2, 0) is 7.05 Å². The van der Waals surface area contributed by atoms with Crippen LogP contribution in [0, 0.1) is 6.92 Å². The van der Waals surface area contributed by atoms with Crippen LogP contribution in [0.5, 0.6) is 0 Å². The van der Waals surface area contributed by atoms with E-state index < -0.39 is 0 Å². The van der Waals surface area contributed by atoms with Gasteiger partial charge in [0.15, 0.2) is 5.78 Å². The summed E-state index contributed by atoms with van der Waals surface area (Å²) in [5, 5.41) is 3.96. The van der Waals surface area contributed by atoms with Gasteiger partial charge in [0.25, 0.3) is 0 Å². The Morgan fingerprint density at radius 3 is 2.81 bits per heavy atom. The SMILES string of the molecule is Cc1ccnc(N)c1C(=O)c1cnn(C)c1. The number of hydrogen-bond donors (Lipinski definition) is 1. The molecule has 0 atom stereocenters. The van der Waals surface area contributed by atoms with Crippen LogP contribution < -0.4 is 5.73 Å². The van der Waals surface area contributed by atoms with Crippen molar-refractivity contribution in [1.82, 2.24) is 14.8 Å². The zero-order valence-electron chi connectivity index (χ0n) is 9.14. The molecule has 82 valence electrons. The molecular formula is C11H12N4O. The quantitative estimate of drug-likeness (QED) is 0.758. The molecule has 0 amide bonds. The molecule has 0 aliphatic heterocycles. The van der Waals surface area contributed by atoms with Crippen LogP contribution in [0.3, 0.4) is 0 Å². The smallest absolute Gasteiger partial charge is 0.200 e. The third-order valence-electron chi connectivity index (χ3n) is 2.38. The van der Waals surface area contributed by atoms with Crippen molar-refractivity contribution < 1.29 is 4.79 Å². The summed E-state index contributed by atoms with van der Waals surface area (Å²) < 4.78 is 1.58. The number of pyridine rings is 1. The summed E-state index contributed by atoms with van der Waals surface area (Å²) in [4.78, 5) is 16.1. The third-order valence-corrected chi connectivity index (χ3v) is 2.38. The number of anilines is 1. The number of hydrogen-bond acceptors (Lipinski definition) is 4. The van der Waals surface area contributed by atoms with E-state index in [0.717, 1.165) is 5.56 Å². The molecule has 0 aromatic carbocycles. The number of aryl methyl sites for hydroxylation is 2. The van der Waals surface area contributed by atoms with Gasteiger partial charge in [-0.15, -0.1) is 0 Å². The maximum absolute atomic E-state index is 12.1. The average molecular weight is 216 g/mol. The minimum absolute atomic E-state index is 0.142. The highest BCUT2D eigenvalue weighted by Crippen LogP contribution is 2.17. The molecule has 2 N–H and O–H groups in total. The highest BCUT2D eigenvalue weighted by Gasteiger charge is 2.16. The van der Waals surface area contributed by atoms with E-state index in [1.165, 1.54) is 6.20 Å². The summed E-state index contributed by atoms with van der Waals surface area (Å²) in [5.74, 6) is 0.116. The fourth-order valence-electron chi connectivity index (χ4n) is 1.56. The van der Waals surface area contributed by atoms with Gasteiger partial charge in [0.2, 0.25) is 0 Å². The maximum atomic E-state index is 12.1. The van der Waals surface area contributed by atoms with Gasteiger partial charge in [0, 0.05) is 19.4 Å². The lowest BCUT2D eigenvalue weighted by Gasteiger charge is -2.05. The van der Waals surface area contributed by atoms with Crippen LogP contribution in [0.1, 0.15) is 21.5 Å². The minimum Gasteiger partial charge on any atom is -0.383 e. The Kier molecular flexibility index (Phi) is 2.44. The first kappa shape index (κ1) is 10.4. The van der Waals surface area contributed by atoms with E-state index in [-0.39, 0.29) is 11.6 Å². The van der Waals surface area contributed by atoms with Crippen molar-refractivity contribution in [2.45, 2.75) is 6.92 Å². The molecule has 0 saturated carbocycles. The second kappa shape index (κ2) is 3.77. The standard InChI is InChI=1S/C11H12N4O/c1-7-3-4-13-11(12)9(7)10(16)8-5-14-15(2)6-8/h3-6H,1-2H3,(H2,12,13). The van der Waals surface area contributed by atoms with Gasteiger partial charge in [0.05, 0.1) is 17.3 Å². The van der Waals surface area contributed by atoms with Crippen molar-refractivity contribution in [3.05, 3.63) is 41.3 Å². The van der Waals surface area contributed by atoms with Crippen LogP contribution in [-0.4, -0.2) is 20.5 Å². The number of carbonyl (C=O) groups is 1. The molecule has 0 fully saturated rings. The summed E-state index contributed by atoms with van der Waals surface area (Å²) in [6.07, 6.45) is 4.77. The number of nitrogens with zero attached hydrogens (tertiary/aromatic N) is 3. The summed E-state index contributed by atoms with van der Waals surface area (Å²) in [6.45, 7) is 1.83. The first-order valence-electron chi connectivity index (χ1n) is 4.84. The van der Waals surface area contributed by atoms with Crippen LogP contribution in [0.4, 0.5) is 5.82 Å². The van der Waals surface area contributed by atoms with Gasteiger partial charge >= 0.3 is 0 Å². The lowest BCUT2D eigenvalue weighted by Crippen LogP contribution is -2.08. The second-order valence-corrected chi connectivity index (χ2v) is 3.62. The van der Waals surface area contributed by atoms with Gasteiger partial charge in [-0.3, -0.25) is 9.48 Å². The van der Waals surface area contributed by atoms with Gasteiger partial charge in [-0.25, -0.2) is 4.98 Å². The van der Waals surface area contributed by atoms with Gasteiger partial charge in [-0.05, 0) is 18.6 Å². The molecule has 2 rings (SSSR count). The summed E-state index contributed by atoms with van der Waals surface area (Å²) in [7, 11) is 1.76. The molecular weight excluding hydrogens is 204 g/mol.